The number of carbonyl (C=O) groups is 2. The molecule has 3 aromatic rings. The largest absolute Gasteiger partial charge is 0.482 e. The van der Waals surface area contributed by atoms with Gasteiger partial charge >= 0.3 is 5.97 Å². The average molecular weight is 389 g/mol. The van der Waals surface area contributed by atoms with E-state index in [0.717, 1.165) is 5.69 Å². The maximum absolute atomic E-state index is 11.9. The van der Waals surface area contributed by atoms with E-state index in [4.69, 9.17) is 9.47 Å². The van der Waals surface area contributed by atoms with Crippen molar-refractivity contribution in [2.24, 2.45) is 10.2 Å². The van der Waals surface area contributed by atoms with Crippen LogP contribution in [0.15, 0.2) is 95.2 Å². The number of esters is 1. The van der Waals surface area contributed by atoms with Crippen LogP contribution in [-0.2, 0) is 14.3 Å². The van der Waals surface area contributed by atoms with E-state index in [1.807, 2.05) is 36.4 Å². The summed E-state index contributed by atoms with van der Waals surface area (Å²) in [5, 5.41) is 10.9. The van der Waals surface area contributed by atoms with E-state index in [9.17, 15) is 9.59 Å². The van der Waals surface area contributed by atoms with E-state index in [2.05, 4.69) is 15.5 Å². The molecular weight excluding hydrogens is 370 g/mol. The van der Waals surface area contributed by atoms with Gasteiger partial charge < -0.3 is 14.8 Å². The molecule has 0 saturated heterocycles. The predicted octanol–water partition coefficient (Wildman–Crippen LogP) is 4.66. The van der Waals surface area contributed by atoms with Gasteiger partial charge in [-0.25, -0.2) is 4.79 Å². The quantitative estimate of drug-likeness (QED) is 0.448. The molecule has 3 rings (SSSR count). The van der Waals surface area contributed by atoms with Gasteiger partial charge in [-0.15, -0.1) is 0 Å². The Bertz CT molecular complexity index is 958. The van der Waals surface area contributed by atoms with E-state index < -0.39 is 18.5 Å². The van der Waals surface area contributed by atoms with E-state index in [0.29, 0.717) is 17.1 Å². The minimum absolute atomic E-state index is 0.265. The van der Waals surface area contributed by atoms with Crippen molar-refractivity contribution in [3.8, 4) is 5.75 Å². The third-order valence-corrected chi connectivity index (χ3v) is 3.65. The summed E-state index contributed by atoms with van der Waals surface area (Å²) >= 11 is 0. The van der Waals surface area contributed by atoms with Crippen LogP contribution in [0.25, 0.3) is 0 Å². The summed E-state index contributed by atoms with van der Waals surface area (Å²) in [6.45, 7) is -0.662. The van der Waals surface area contributed by atoms with Crippen LogP contribution in [-0.4, -0.2) is 25.1 Å². The molecule has 0 aliphatic carbocycles. The van der Waals surface area contributed by atoms with Gasteiger partial charge in [0.1, 0.15) is 5.75 Å². The number of amides is 1. The van der Waals surface area contributed by atoms with E-state index in [-0.39, 0.29) is 6.61 Å². The topological polar surface area (TPSA) is 89.4 Å². The van der Waals surface area contributed by atoms with Gasteiger partial charge in [0.15, 0.2) is 13.2 Å². The second-order valence-electron chi connectivity index (χ2n) is 5.89. The first-order valence-corrected chi connectivity index (χ1v) is 8.89. The van der Waals surface area contributed by atoms with Crippen molar-refractivity contribution in [3.05, 3.63) is 84.9 Å². The number of nitrogens with one attached hydrogen (secondary N) is 1. The summed E-state index contributed by atoms with van der Waals surface area (Å²) in [6.07, 6.45) is 0. The molecular formula is C22H19N3O4. The lowest BCUT2D eigenvalue weighted by molar-refractivity contribution is -0.149. The Morgan fingerprint density at radius 3 is 1.97 bits per heavy atom. The first kappa shape index (κ1) is 19.8. The number of hydrogen-bond donors (Lipinski definition) is 1. The number of ether oxygens (including phenoxy) is 2. The van der Waals surface area contributed by atoms with Gasteiger partial charge in [-0.2, -0.15) is 10.2 Å². The number of hydrogen-bond acceptors (Lipinski definition) is 6. The van der Waals surface area contributed by atoms with E-state index in [1.165, 1.54) is 0 Å². The van der Waals surface area contributed by atoms with Gasteiger partial charge in [0.25, 0.3) is 5.91 Å². The Balaban J connectivity index is 1.41. The van der Waals surface area contributed by atoms with Gasteiger partial charge in [0.2, 0.25) is 0 Å². The zero-order chi connectivity index (χ0) is 20.3. The molecule has 0 aromatic heterocycles. The second kappa shape index (κ2) is 10.4. The van der Waals surface area contributed by atoms with Gasteiger partial charge in [-0.3, -0.25) is 4.79 Å². The SMILES string of the molecule is O=C(COC(=O)COc1ccccc1)Nc1ccc(N=Nc2ccccc2)cc1. The summed E-state index contributed by atoms with van der Waals surface area (Å²) in [6, 6.07) is 25.1. The van der Waals surface area contributed by atoms with Crippen molar-refractivity contribution < 1.29 is 19.1 Å². The minimum Gasteiger partial charge on any atom is -0.482 e. The van der Waals surface area contributed by atoms with Crippen LogP contribution in [0.1, 0.15) is 0 Å². The van der Waals surface area contributed by atoms with Crippen molar-refractivity contribution in [2.75, 3.05) is 18.5 Å². The Morgan fingerprint density at radius 2 is 1.31 bits per heavy atom. The van der Waals surface area contributed by atoms with Crippen molar-refractivity contribution in [1.29, 1.82) is 0 Å². The highest BCUT2D eigenvalue weighted by Crippen LogP contribution is 2.20. The third-order valence-electron chi connectivity index (χ3n) is 3.65. The minimum atomic E-state index is -0.624. The van der Waals surface area contributed by atoms with E-state index in [1.54, 1.807) is 48.5 Å². The fourth-order valence-electron chi connectivity index (χ4n) is 2.27. The molecule has 29 heavy (non-hydrogen) atoms. The molecule has 0 spiro atoms. The van der Waals surface area contributed by atoms with Crippen LogP contribution in [0, 0.1) is 0 Å². The van der Waals surface area contributed by atoms with Crippen molar-refractivity contribution >= 4 is 28.9 Å². The molecule has 146 valence electrons. The standard InChI is InChI=1S/C22H19N3O4/c26-21(15-29-22(27)16-28-20-9-5-2-6-10-20)23-17-11-13-19(14-12-17)25-24-18-7-3-1-4-8-18/h1-14H,15-16H2,(H,23,26). The van der Waals surface area contributed by atoms with Crippen molar-refractivity contribution in [1.82, 2.24) is 0 Å². The number of para-hydroxylation sites is 1. The Hall–Kier alpha value is -4.00. The fraction of sp³-hybridized carbons (Fsp3) is 0.0909. The first-order valence-electron chi connectivity index (χ1n) is 8.89. The Labute approximate surface area is 168 Å². The van der Waals surface area contributed by atoms with Gasteiger partial charge in [-0.1, -0.05) is 36.4 Å². The zero-order valence-electron chi connectivity index (χ0n) is 15.5. The maximum Gasteiger partial charge on any atom is 0.344 e. The van der Waals surface area contributed by atoms with Crippen molar-refractivity contribution in [2.45, 2.75) is 0 Å². The Morgan fingerprint density at radius 1 is 0.724 bits per heavy atom. The van der Waals surface area contributed by atoms with Gasteiger partial charge in [0.05, 0.1) is 11.4 Å². The Kier molecular flexibility index (Phi) is 7.06. The monoisotopic (exact) mass is 389 g/mol. The molecule has 0 aliphatic heterocycles. The fourth-order valence-corrected chi connectivity index (χ4v) is 2.27. The smallest absolute Gasteiger partial charge is 0.344 e. The third kappa shape index (κ3) is 6.91. The molecule has 0 atom stereocenters. The van der Waals surface area contributed by atoms with E-state index >= 15 is 0 Å². The van der Waals surface area contributed by atoms with Crippen LogP contribution in [0.4, 0.5) is 17.1 Å². The molecule has 0 saturated carbocycles. The maximum atomic E-state index is 11.9. The zero-order valence-corrected chi connectivity index (χ0v) is 15.5. The van der Waals surface area contributed by atoms with Crippen molar-refractivity contribution in [3.63, 3.8) is 0 Å². The van der Waals surface area contributed by atoms with Crippen LogP contribution in [0.2, 0.25) is 0 Å². The molecule has 0 fully saturated rings. The molecule has 0 unspecified atom stereocenters. The molecule has 1 N–H and O–H groups in total. The predicted molar refractivity (Wildman–Crippen MR) is 109 cm³/mol. The molecule has 1 amide bonds. The van der Waals surface area contributed by atoms with Crippen LogP contribution < -0.4 is 10.1 Å². The number of azo groups is 1. The highest BCUT2D eigenvalue weighted by Gasteiger charge is 2.09. The molecule has 0 radical (unpaired) electrons. The number of carbonyl (C=O) groups excluding carboxylic acids is 2. The number of rotatable bonds is 8. The average Bonchev–Trinajstić information content (AvgIpc) is 2.77. The highest BCUT2D eigenvalue weighted by molar-refractivity contribution is 5.93. The summed E-state index contributed by atoms with van der Waals surface area (Å²) in [4.78, 5) is 23.6. The molecule has 0 heterocycles. The molecule has 3 aromatic carbocycles. The number of benzene rings is 3. The van der Waals surface area contributed by atoms with Gasteiger partial charge in [0, 0.05) is 5.69 Å². The summed E-state index contributed by atoms with van der Waals surface area (Å²) in [5.41, 5.74) is 1.96. The van der Waals surface area contributed by atoms with Crippen LogP contribution in [0.5, 0.6) is 5.75 Å². The lowest BCUT2D eigenvalue weighted by Gasteiger charge is -2.08. The molecule has 0 bridgehead atoms. The van der Waals surface area contributed by atoms with Crippen LogP contribution >= 0.6 is 0 Å². The first-order chi connectivity index (χ1) is 14.2. The lowest BCUT2D eigenvalue weighted by atomic mass is 10.3. The summed E-state index contributed by atoms with van der Waals surface area (Å²) in [7, 11) is 0. The molecule has 7 heteroatoms. The number of anilines is 1. The number of nitrogens with zero attached hydrogens (tertiary/aromatic N) is 2. The summed E-state index contributed by atoms with van der Waals surface area (Å²) < 4.78 is 10.2. The normalized spacial score (nSPS) is 10.5. The summed E-state index contributed by atoms with van der Waals surface area (Å²) in [5.74, 6) is -0.518. The highest BCUT2D eigenvalue weighted by atomic mass is 16.6. The second-order valence-corrected chi connectivity index (χ2v) is 5.89. The molecule has 7 nitrogen and oxygen atoms in total. The van der Waals surface area contributed by atoms with Gasteiger partial charge in [-0.05, 0) is 48.5 Å². The lowest BCUT2D eigenvalue weighted by Crippen LogP contribution is -2.23. The molecule has 0 aliphatic rings. The van der Waals surface area contributed by atoms with Crippen LogP contribution in [0.3, 0.4) is 0 Å².